The Morgan fingerprint density at radius 2 is 1.84 bits per heavy atom. The highest BCUT2D eigenvalue weighted by molar-refractivity contribution is 5.94. The molecule has 8 nitrogen and oxygen atoms in total. The van der Waals surface area contributed by atoms with Crippen LogP contribution < -0.4 is 15.0 Å². The number of amides is 1. The summed E-state index contributed by atoms with van der Waals surface area (Å²) in [4.78, 5) is 24.3. The molecule has 1 saturated heterocycles. The summed E-state index contributed by atoms with van der Waals surface area (Å²) in [6.45, 7) is 16.3. The van der Waals surface area contributed by atoms with Crippen LogP contribution in [0.5, 0.6) is 5.75 Å². The van der Waals surface area contributed by atoms with E-state index in [1.165, 1.54) is 0 Å². The Balaban J connectivity index is 1.42. The van der Waals surface area contributed by atoms with Gasteiger partial charge >= 0.3 is 0 Å². The van der Waals surface area contributed by atoms with Crippen molar-refractivity contribution >= 4 is 11.9 Å². The fourth-order valence-corrected chi connectivity index (χ4v) is 6.50. The maximum absolute atomic E-state index is 13.2. The van der Waals surface area contributed by atoms with E-state index in [2.05, 4.69) is 67.8 Å². The van der Waals surface area contributed by atoms with Crippen LogP contribution in [0.1, 0.15) is 69.4 Å². The molecule has 1 saturated carbocycles. The van der Waals surface area contributed by atoms with Crippen molar-refractivity contribution in [3.8, 4) is 11.8 Å². The van der Waals surface area contributed by atoms with Gasteiger partial charge in [0.15, 0.2) is 0 Å². The Kier molecular flexibility index (Phi) is 6.98. The Morgan fingerprint density at radius 1 is 1.19 bits per heavy atom. The van der Waals surface area contributed by atoms with Crippen molar-refractivity contribution in [3.05, 3.63) is 47.3 Å². The summed E-state index contributed by atoms with van der Waals surface area (Å²) in [5.74, 6) is 1.39. The van der Waals surface area contributed by atoms with Gasteiger partial charge in [0.1, 0.15) is 11.9 Å². The molecule has 2 fully saturated rings. The van der Waals surface area contributed by atoms with Crippen molar-refractivity contribution in [1.82, 2.24) is 15.3 Å². The van der Waals surface area contributed by atoms with Crippen LogP contribution in [0.4, 0.5) is 5.95 Å². The van der Waals surface area contributed by atoms with Crippen LogP contribution in [0, 0.1) is 40.4 Å². The summed E-state index contributed by atoms with van der Waals surface area (Å²) < 4.78 is 6.39. The number of carbonyl (C=O) groups is 1. The molecule has 2 aliphatic rings. The molecule has 198 valence electrons. The Hall–Kier alpha value is -3.18. The van der Waals surface area contributed by atoms with E-state index in [1.807, 2.05) is 19.1 Å². The van der Waals surface area contributed by atoms with E-state index in [1.54, 1.807) is 18.5 Å². The van der Waals surface area contributed by atoms with Crippen molar-refractivity contribution in [2.75, 3.05) is 24.6 Å². The topological polar surface area (TPSA) is 111 Å². The predicted octanol–water partition coefficient (Wildman–Crippen LogP) is 4.11. The summed E-state index contributed by atoms with van der Waals surface area (Å²) in [5.41, 5.74) is 1.27. The van der Waals surface area contributed by atoms with E-state index in [0.717, 1.165) is 30.8 Å². The largest absolute Gasteiger partial charge is 0.489 e. The van der Waals surface area contributed by atoms with E-state index in [4.69, 9.17) is 4.74 Å². The average molecular weight is 506 g/mol. The first-order valence-electron chi connectivity index (χ1n) is 13.0. The number of ether oxygens (including phenoxy) is 1. The number of nitrogens with zero attached hydrogens (tertiary/aromatic N) is 4. The first-order chi connectivity index (χ1) is 17.3. The Labute approximate surface area is 220 Å². The van der Waals surface area contributed by atoms with Gasteiger partial charge in [0, 0.05) is 49.0 Å². The standard InChI is InChI=1S/C29H39N5O3/c1-18-12-22(9-8-19(18)13-30)37-25-28(4,5)24(29(25,6)7)33-23(36)20-14-31-26(32-15-20)34-11-10-21(16-35)27(2,3)17-34/h8-9,12,14-15,21,24-25,35H,10-11,16-17H2,1-7H3,(H,33,36)/t21-,24?,25?/m1/s1. The van der Waals surface area contributed by atoms with Gasteiger partial charge in [-0.15, -0.1) is 0 Å². The molecule has 2 aromatic rings. The molecule has 0 radical (unpaired) electrons. The molecule has 0 bridgehead atoms. The minimum absolute atomic E-state index is 0.0388. The van der Waals surface area contributed by atoms with Crippen LogP contribution in [-0.2, 0) is 0 Å². The quantitative estimate of drug-likeness (QED) is 0.608. The SMILES string of the molecule is Cc1cc(OC2C(C)(C)C(NC(=O)c3cnc(N4CC[C@H](CO)C(C)(C)C4)nc3)C2(C)C)ccc1C#N. The average Bonchev–Trinajstić information content (AvgIpc) is 2.85. The summed E-state index contributed by atoms with van der Waals surface area (Å²) in [5, 5.41) is 22.1. The minimum Gasteiger partial charge on any atom is -0.489 e. The zero-order chi connectivity index (χ0) is 27.2. The molecule has 4 rings (SSSR count). The maximum atomic E-state index is 13.2. The summed E-state index contributed by atoms with van der Waals surface area (Å²) in [7, 11) is 0. The van der Waals surface area contributed by atoms with Crippen molar-refractivity contribution in [2.45, 2.75) is 67.0 Å². The molecule has 8 heteroatoms. The second kappa shape index (κ2) is 9.60. The number of piperidine rings is 1. The van der Waals surface area contributed by atoms with Crippen molar-refractivity contribution < 1.29 is 14.6 Å². The molecule has 0 unspecified atom stereocenters. The summed E-state index contributed by atoms with van der Waals surface area (Å²) >= 11 is 0. The number of nitrogens with one attached hydrogen (secondary N) is 1. The normalized spacial score (nSPS) is 25.5. The number of aryl methyl sites for hydroxylation is 1. The van der Waals surface area contributed by atoms with Gasteiger partial charge in [-0.2, -0.15) is 5.26 Å². The van der Waals surface area contributed by atoms with Gasteiger partial charge in [-0.05, 0) is 48.4 Å². The Morgan fingerprint density at radius 3 is 2.38 bits per heavy atom. The van der Waals surface area contributed by atoms with E-state index < -0.39 is 0 Å². The van der Waals surface area contributed by atoms with Gasteiger partial charge in [-0.1, -0.05) is 41.5 Å². The van der Waals surface area contributed by atoms with Gasteiger partial charge in [-0.3, -0.25) is 4.79 Å². The molecule has 0 spiro atoms. The molecular formula is C29H39N5O3. The van der Waals surface area contributed by atoms with Crippen LogP contribution in [0.25, 0.3) is 0 Å². The first-order valence-corrected chi connectivity index (χ1v) is 13.0. The molecular weight excluding hydrogens is 466 g/mol. The van der Waals surface area contributed by atoms with E-state index in [0.29, 0.717) is 17.1 Å². The van der Waals surface area contributed by atoms with Crippen LogP contribution in [0.2, 0.25) is 0 Å². The lowest BCUT2D eigenvalue weighted by Gasteiger charge is -2.63. The fourth-order valence-electron chi connectivity index (χ4n) is 6.50. The number of rotatable bonds is 6. The lowest BCUT2D eigenvalue weighted by Crippen LogP contribution is -2.74. The van der Waals surface area contributed by atoms with E-state index >= 15 is 0 Å². The van der Waals surface area contributed by atoms with Crippen LogP contribution in [-0.4, -0.2) is 52.8 Å². The predicted molar refractivity (Wildman–Crippen MR) is 142 cm³/mol. The van der Waals surface area contributed by atoms with Gasteiger partial charge in [-0.25, -0.2) is 9.97 Å². The smallest absolute Gasteiger partial charge is 0.254 e. The molecule has 2 N–H and O–H groups in total. The van der Waals surface area contributed by atoms with Crippen LogP contribution in [0.3, 0.4) is 0 Å². The molecule has 1 aliphatic carbocycles. The molecule has 2 heterocycles. The monoisotopic (exact) mass is 505 g/mol. The zero-order valence-electron chi connectivity index (χ0n) is 23.0. The first kappa shape index (κ1) is 26.9. The van der Waals surface area contributed by atoms with E-state index in [-0.39, 0.29) is 46.8 Å². The maximum Gasteiger partial charge on any atom is 0.254 e. The third-order valence-corrected chi connectivity index (χ3v) is 8.54. The van der Waals surface area contributed by atoms with Crippen LogP contribution >= 0.6 is 0 Å². The highest BCUT2D eigenvalue weighted by atomic mass is 16.5. The number of aliphatic hydroxyl groups excluding tert-OH is 1. The number of nitriles is 1. The van der Waals surface area contributed by atoms with Crippen molar-refractivity contribution in [1.29, 1.82) is 5.26 Å². The minimum atomic E-state index is -0.315. The molecule has 1 amide bonds. The van der Waals surface area contributed by atoms with Gasteiger partial charge in [0.2, 0.25) is 5.95 Å². The zero-order valence-corrected chi connectivity index (χ0v) is 23.0. The molecule has 1 aromatic heterocycles. The summed E-state index contributed by atoms with van der Waals surface area (Å²) in [6, 6.07) is 7.57. The molecule has 1 aromatic carbocycles. The number of hydrogen-bond acceptors (Lipinski definition) is 7. The molecule has 37 heavy (non-hydrogen) atoms. The lowest BCUT2D eigenvalue weighted by molar-refractivity contribution is -0.164. The van der Waals surface area contributed by atoms with Gasteiger partial charge in [0.25, 0.3) is 5.91 Å². The number of aliphatic hydroxyl groups is 1. The number of hydrogen-bond donors (Lipinski definition) is 2. The number of aromatic nitrogens is 2. The summed E-state index contributed by atoms with van der Waals surface area (Å²) in [6.07, 6.45) is 3.94. The van der Waals surface area contributed by atoms with E-state index in [9.17, 15) is 15.2 Å². The number of carbonyl (C=O) groups excluding carboxylic acids is 1. The third kappa shape index (κ3) is 4.89. The van der Waals surface area contributed by atoms with Crippen molar-refractivity contribution in [2.24, 2.45) is 22.2 Å². The highest BCUT2D eigenvalue weighted by Gasteiger charge is 2.64. The van der Waals surface area contributed by atoms with Crippen molar-refractivity contribution in [3.63, 3.8) is 0 Å². The third-order valence-electron chi connectivity index (χ3n) is 8.54. The van der Waals surface area contributed by atoms with Crippen LogP contribution in [0.15, 0.2) is 30.6 Å². The number of anilines is 1. The lowest BCUT2D eigenvalue weighted by atomic mass is 9.49. The van der Waals surface area contributed by atoms with Gasteiger partial charge < -0.3 is 20.1 Å². The molecule has 1 atom stereocenters. The second-order valence-electron chi connectivity index (χ2n) is 12.5. The number of benzene rings is 1. The molecule has 1 aliphatic heterocycles. The fraction of sp³-hybridized carbons (Fsp3) is 0.586. The highest BCUT2D eigenvalue weighted by Crippen LogP contribution is 2.55. The van der Waals surface area contributed by atoms with Gasteiger partial charge in [0.05, 0.1) is 17.2 Å². The second-order valence-corrected chi connectivity index (χ2v) is 12.5. The Bertz CT molecular complexity index is 1180.